The fourth-order valence-corrected chi connectivity index (χ4v) is 3.14. The molecule has 120 valence electrons. The van der Waals surface area contributed by atoms with E-state index in [4.69, 9.17) is 16.3 Å². The quantitative estimate of drug-likeness (QED) is 0.791. The fraction of sp³-hybridized carbons (Fsp3) is 0.571. The van der Waals surface area contributed by atoms with Crippen LogP contribution >= 0.6 is 11.6 Å². The summed E-state index contributed by atoms with van der Waals surface area (Å²) < 4.78 is 31.6. The van der Waals surface area contributed by atoms with E-state index >= 15 is 0 Å². The molecule has 0 atom stereocenters. The molecule has 1 rings (SSSR count). The van der Waals surface area contributed by atoms with E-state index in [1.807, 2.05) is 13.8 Å². The predicted octanol–water partition coefficient (Wildman–Crippen LogP) is 2.10. The topological polar surface area (TPSA) is 58.6 Å². The highest BCUT2D eigenvalue weighted by atomic mass is 35.5. The van der Waals surface area contributed by atoms with Crippen LogP contribution in [0.25, 0.3) is 0 Å². The molecule has 0 bridgehead atoms. The molecule has 1 N–H and O–H groups in total. The van der Waals surface area contributed by atoms with E-state index in [1.165, 1.54) is 10.4 Å². The summed E-state index contributed by atoms with van der Waals surface area (Å²) in [6.45, 7) is 5.02. The summed E-state index contributed by atoms with van der Waals surface area (Å²) in [7, 11) is -0.196. The monoisotopic (exact) mass is 334 g/mol. The van der Waals surface area contributed by atoms with Crippen LogP contribution in [-0.4, -0.2) is 46.1 Å². The minimum absolute atomic E-state index is 0.0823. The summed E-state index contributed by atoms with van der Waals surface area (Å²) >= 11 is 6.05. The van der Waals surface area contributed by atoms with Gasteiger partial charge in [-0.05, 0) is 44.7 Å². The zero-order chi connectivity index (χ0) is 16.0. The van der Waals surface area contributed by atoms with Gasteiger partial charge in [0.1, 0.15) is 0 Å². The molecule has 0 amide bonds. The van der Waals surface area contributed by atoms with E-state index in [0.717, 1.165) is 5.56 Å². The van der Waals surface area contributed by atoms with Crippen molar-refractivity contribution >= 4 is 21.6 Å². The summed E-state index contributed by atoms with van der Waals surface area (Å²) in [6.07, 6.45) is 0.0823. The highest BCUT2D eigenvalue weighted by Crippen LogP contribution is 2.22. The molecule has 5 nitrogen and oxygen atoms in total. The van der Waals surface area contributed by atoms with Gasteiger partial charge in [-0.1, -0.05) is 11.6 Å². The van der Waals surface area contributed by atoms with E-state index in [0.29, 0.717) is 24.7 Å². The largest absolute Gasteiger partial charge is 0.377 e. The second-order valence-electron chi connectivity index (χ2n) is 5.03. The molecule has 0 aliphatic rings. The molecule has 0 aliphatic heterocycles. The average Bonchev–Trinajstić information content (AvgIpc) is 2.40. The highest BCUT2D eigenvalue weighted by molar-refractivity contribution is 7.89. The van der Waals surface area contributed by atoms with Gasteiger partial charge in [-0.15, -0.1) is 0 Å². The predicted molar refractivity (Wildman–Crippen MR) is 85.1 cm³/mol. The van der Waals surface area contributed by atoms with Gasteiger partial charge in [-0.2, -0.15) is 4.31 Å². The van der Waals surface area contributed by atoms with Crippen LogP contribution in [0.1, 0.15) is 19.4 Å². The second-order valence-corrected chi connectivity index (χ2v) is 7.48. The van der Waals surface area contributed by atoms with Crippen molar-refractivity contribution in [3.8, 4) is 0 Å². The summed E-state index contributed by atoms with van der Waals surface area (Å²) in [5, 5.41) is 3.52. The molecule has 1 aromatic carbocycles. The number of likely N-dealkylation sites (N-methyl/N-ethyl adjacent to an activating group) is 1. The van der Waals surface area contributed by atoms with E-state index in [1.54, 1.807) is 26.2 Å². The number of halogens is 1. The van der Waals surface area contributed by atoms with Gasteiger partial charge in [0.15, 0.2) is 0 Å². The number of hydrogen-bond acceptors (Lipinski definition) is 4. The maximum absolute atomic E-state index is 12.5. The van der Waals surface area contributed by atoms with Crippen LogP contribution in [0.2, 0.25) is 5.02 Å². The Balaban J connectivity index is 2.89. The lowest BCUT2D eigenvalue weighted by molar-refractivity contribution is 0.0737. The van der Waals surface area contributed by atoms with Crippen LogP contribution in [0.5, 0.6) is 0 Å². The SMILES string of the molecule is CNCc1cc(S(=O)(=O)N(C)CCOC(C)C)ccc1Cl. The number of rotatable bonds is 8. The zero-order valence-electron chi connectivity index (χ0n) is 12.9. The Morgan fingerprint density at radius 2 is 2.05 bits per heavy atom. The molecule has 0 fully saturated rings. The molecule has 0 aliphatic carbocycles. The van der Waals surface area contributed by atoms with Crippen LogP contribution in [0.4, 0.5) is 0 Å². The number of sulfonamides is 1. The van der Waals surface area contributed by atoms with Crippen molar-refractivity contribution in [2.24, 2.45) is 0 Å². The lowest BCUT2D eigenvalue weighted by atomic mass is 10.2. The van der Waals surface area contributed by atoms with Crippen LogP contribution in [0.3, 0.4) is 0 Å². The van der Waals surface area contributed by atoms with Crippen molar-refractivity contribution in [3.63, 3.8) is 0 Å². The van der Waals surface area contributed by atoms with Gasteiger partial charge in [0.25, 0.3) is 0 Å². The second kappa shape index (κ2) is 8.10. The van der Waals surface area contributed by atoms with Gasteiger partial charge in [-0.3, -0.25) is 0 Å². The Morgan fingerprint density at radius 1 is 1.38 bits per heavy atom. The number of nitrogens with one attached hydrogen (secondary N) is 1. The van der Waals surface area contributed by atoms with Crippen molar-refractivity contribution in [3.05, 3.63) is 28.8 Å². The molecule has 1 aromatic rings. The number of nitrogens with zero attached hydrogens (tertiary/aromatic N) is 1. The van der Waals surface area contributed by atoms with E-state index < -0.39 is 10.0 Å². The van der Waals surface area contributed by atoms with Gasteiger partial charge in [0.2, 0.25) is 10.0 Å². The lowest BCUT2D eigenvalue weighted by Gasteiger charge is -2.18. The van der Waals surface area contributed by atoms with E-state index in [2.05, 4.69) is 5.32 Å². The average molecular weight is 335 g/mol. The third-order valence-electron chi connectivity index (χ3n) is 2.95. The minimum atomic E-state index is -3.53. The first-order valence-electron chi connectivity index (χ1n) is 6.80. The van der Waals surface area contributed by atoms with E-state index in [-0.39, 0.29) is 11.0 Å². The summed E-state index contributed by atoms with van der Waals surface area (Å²) in [4.78, 5) is 0.240. The lowest BCUT2D eigenvalue weighted by Crippen LogP contribution is -2.31. The first kappa shape index (κ1) is 18.4. The third kappa shape index (κ3) is 5.23. The Bertz CT molecular complexity index is 561. The van der Waals surface area contributed by atoms with Crippen molar-refractivity contribution in [2.45, 2.75) is 31.4 Å². The van der Waals surface area contributed by atoms with Gasteiger partial charge >= 0.3 is 0 Å². The fourth-order valence-electron chi connectivity index (χ4n) is 1.75. The molecular formula is C14H23ClN2O3S. The summed E-state index contributed by atoms with van der Waals surface area (Å²) in [6, 6.07) is 4.74. The first-order chi connectivity index (χ1) is 9.78. The smallest absolute Gasteiger partial charge is 0.242 e. The molecule has 0 heterocycles. The number of hydrogen-bond donors (Lipinski definition) is 1. The Morgan fingerprint density at radius 3 is 2.62 bits per heavy atom. The van der Waals surface area contributed by atoms with Gasteiger partial charge in [0, 0.05) is 25.2 Å². The Labute approximate surface area is 132 Å². The summed E-state index contributed by atoms with van der Waals surface area (Å²) in [5.41, 5.74) is 0.757. The molecule has 21 heavy (non-hydrogen) atoms. The Hall–Kier alpha value is -0.660. The van der Waals surface area contributed by atoms with Crippen LogP contribution in [-0.2, 0) is 21.3 Å². The van der Waals surface area contributed by atoms with Crippen molar-refractivity contribution < 1.29 is 13.2 Å². The van der Waals surface area contributed by atoms with Crippen LogP contribution in [0, 0.1) is 0 Å². The van der Waals surface area contributed by atoms with Crippen LogP contribution < -0.4 is 5.32 Å². The first-order valence-corrected chi connectivity index (χ1v) is 8.61. The van der Waals surface area contributed by atoms with E-state index in [9.17, 15) is 8.42 Å². The Kier molecular flexibility index (Phi) is 7.09. The summed E-state index contributed by atoms with van der Waals surface area (Å²) in [5.74, 6) is 0. The normalized spacial score (nSPS) is 12.3. The van der Waals surface area contributed by atoms with Crippen molar-refractivity contribution in [1.29, 1.82) is 0 Å². The van der Waals surface area contributed by atoms with Gasteiger partial charge < -0.3 is 10.1 Å². The molecule has 0 radical (unpaired) electrons. The number of ether oxygens (including phenoxy) is 1. The molecule has 0 saturated heterocycles. The van der Waals surface area contributed by atoms with Crippen molar-refractivity contribution in [2.75, 3.05) is 27.2 Å². The molecule has 0 spiro atoms. The molecule has 0 aromatic heterocycles. The molecule has 0 saturated carbocycles. The maximum Gasteiger partial charge on any atom is 0.242 e. The number of benzene rings is 1. The molecule has 0 unspecified atom stereocenters. The van der Waals surface area contributed by atoms with Crippen LogP contribution in [0.15, 0.2) is 23.1 Å². The third-order valence-corrected chi connectivity index (χ3v) is 5.17. The highest BCUT2D eigenvalue weighted by Gasteiger charge is 2.21. The zero-order valence-corrected chi connectivity index (χ0v) is 14.5. The van der Waals surface area contributed by atoms with Gasteiger partial charge in [0.05, 0.1) is 17.6 Å². The minimum Gasteiger partial charge on any atom is -0.377 e. The van der Waals surface area contributed by atoms with Crippen molar-refractivity contribution in [1.82, 2.24) is 9.62 Å². The molecule has 7 heteroatoms. The van der Waals surface area contributed by atoms with Gasteiger partial charge in [-0.25, -0.2) is 8.42 Å². The standard InChI is InChI=1S/C14H23ClN2O3S/c1-11(2)20-8-7-17(4)21(18,19)13-5-6-14(15)12(9-13)10-16-3/h5-6,9,11,16H,7-8,10H2,1-4H3. The maximum atomic E-state index is 12.5. The molecular weight excluding hydrogens is 312 g/mol.